The first-order chi connectivity index (χ1) is 8.91. The average Bonchev–Trinajstić information content (AvgIpc) is 2.37. The summed E-state index contributed by atoms with van der Waals surface area (Å²) in [6.45, 7) is 1.59. The lowest BCUT2D eigenvalue weighted by molar-refractivity contribution is -0.137. The van der Waals surface area contributed by atoms with Crippen molar-refractivity contribution in [1.82, 2.24) is 4.98 Å². The van der Waals surface area contributed by atoms with Gasteiger partial charge in [-0.15, -0.1) is 0 Å². The van der Waals surface area contributed by atoms with E-state index in [4.69, 9.17) is 0 Å². The third-order valence-corrected chi connectivity index (χ3v) is 2.73. The van der Waals surface area contributed by atoms with Crippen LogP contribution in [0.4, 0.5) is 13.2 Å². The van der Waals surface area contributed by atoms with E-state index in [-0.39, 0.29) is 11.1 Å². The molecular formula is C14H10F3NO. The van der Waals surface area contributed by atoms with Crippen LogP contribution in [-0.4, -0.2) is 10.8 Å². The number of benzene rings is 1. The molecule has 2 rings (SSSR count). The highest BCUT2D eigenvalue weighted by Crippen LogP contribution is 2.32. The predicted molar refractivity (Wildman–Crippen MR) is 63.9 cm³/mol. The first-order valence-electron chi connectivity index (χ1n) is 5.54. The van der Waals surface area contributed by atoms with Crippen molar-refractivity contribution in [2.24, 2.45) is 0 Å². The van der Waals surface area contributed by atoms with Crippen molar-refractivity contribution in [3.8, 4) is 0 Å². The number of hydrogen-bond donors (Lipinski definition) is 0. The summed E-state index contributed by atoms with van der Waals surface area (Å²) in [6.07, 6.45) is -3.07. The number of ketones is 1. The fourth-order valence-electron chi connectivity index (χ4n) is 1.80. The normalized spacial score (nSPS) is 11.4. The summed E-state index contributed by atoms with van der Waals surface area (Å²) in [7, 11) is 0. The molecule has 0 atom stereocenters. The molecule has 0 radical (unpaired) electrons. The van der Waals surface area contributed by atoms with Gasteiger partial charge in [0.15, 0.2) is 5.78 Å². The Balaban J connectivity index is 2.55. The van der Waals surface area contributed by atoms with Crippen LogP contribution in [0.25, 0.3) is 0 Å². The summed E-state index contributed by atoms with van der Waals surface area (Å²) >= 11 is 0. The van der Waals surface area contributed by atoms with E-state index in [1.807, 2.05) is 0 Å². The summed E-state index contributed by atoms with van der Waals surface area (Å²) in [4.78, 5) is 16.1. The molecule has 0 amide bonds. The Morgan fingerprint density at radius 3 is 2.32 bits per heavy atom. The van der Waals surface area contributed by atoms with Crippen LogP contribution < -0.4 is 0 Å². The van der Waals surface area contributed by atoms with Gasteiger partial charge in [0.25, 0.3) is 0 Å². The topological polar surface area (TPSA) is 30.0 Å². The summed E-state index contributed by atoms with van der Waals surface area (Å²) in [5.41, 5.74) is -0.696. The second-order valence-electron chi connectivity index (χ2n) is 4.01. The standard InChI is InChI=1S/C14H10F3NO/c1-9-10(6-4-8-18-9)13(19)11-5-2-3-7-12(11)14(15,16)17/h2-8H,1H3. The van der Waals surface area contributed by atoms with Crippen LogP contribution >= 0.6 is 0 Å². The minimum absolute atomic E-state index is 0.180. The number of aryl methyl sites for hydroxylation is 1. The lowest BCUT2D eigenvalue weighted by Crippen LogP contribution is -2.14. The zero-order valence-corrected chi connectivity index (χ0v) is 10.0. The lowest BCUT2D eigenvalue weighted by Gasteiger charge is -2.12. The van der Waals surface area contributed by atoms with Gasteiger partial charge in [0.1, 0.15) is 0 Å². The molecule has 2 aromatic rings. The van der Waals surface area contributed by atoms with Crippen molar-refractivity contribution in [2.75, 3.05) is 0 Å². The Kier molecular flexibility index (Phi) is 3.38. The van der Waals surface area contributed by atoms with E-state index >= 15 is 0 Å². The second kappa shape index (κ2) is 4.84. The smallest absolute Gasteiger partial charge is 0.289 e. The molecule has 0 aliphatic carbocycles. The molecule has 0 aliphatic rings. The fourth-order valence-corrected chi connectivity index (χ4v) is 1.80. The predicted octanol–water partition coefficient (Wildman–Crippen LogP) is 3.64. The van der Waals surface area contributed by atoms with Gasteiger partial charge in [0, 0.05) is 23.0 Å². The van der Waals surface area contributed by atoms with Gasteiger partial charge >= 0.3 is 6.18 Å². The third kappa shape index (κ3) is 2.65. The molecule has 1 aromatic carbocycles. The number of halogens is 3. The van der Waals surface area contributed by atoms with Crippen LogP contribution in [-0.2, 0) is 6.18 Å². The maximum absolute atomic E-state index is 12.9. The number of pyridine rings is 1. The van der Waals surface area contributed by atoms with Crippen molar-refractivity contribution in [3.63, 3.8) is 0 Å². The van der Waals surface area contributed by atoms with Crippen LogP contribution in [0.3, 0.4) is 0 Å². The molecule has 98 valence electrons. The molecule has 0 saturated heterocycles. The van der Waals surface area contributed by atoms with Crippen molar-refractivity contribution < 1.29 is 18.0 Å². The SMILES string of the molecule is Cc1ncccc1C(=O)c1ccccc1C(F)(F)F. The molecule has 0 aliphatic heterocycles. The molecule has 0 fully saturated rings. The van der Waals surface area contributed by atoms with Crippen molar-refractivity contribution in [2.45, 2.75) is 13.1 Å². The van der Waals surface area contributed by atoms with Crippen molar-refractivity contribution >= 4 is 5.78 Å². The van der Waals surface area contributed by atoms with E-state index in [2.05, 4.69) is 4.98 Å². The number of nitrogens with zero attached hydrogens (tertiary/aromatic N) is 1. The number of alkyl halides is 3. The van der Waals surface area contributed by atoms with Gasteiger partial charge in [-0.1, -0.05) is 18.2 Å². The summed E-state index contributed by atoms with van der Waals surface area (Å²) < 4.78 is 38.6. The summed E-state index contributed by atoms with van der Waals surface area (Å²) in [5.74, 6) is -0.668. The molecule has 0 N–H and O–H groups in total. The number of aromatic nitrogens is 1. The van der Waals surface area contributed by atoms with Crippen LogP contribution in [0.1, 0.15) is 27.2 Å². The molecule has 19 heavy (non-hydrogen) atoms. The van der Waals surface area contributed by atoms with Crippen LogP contribution in [0, 0.1) is 6.92 Å². The molecule has 0 unspecified atom stereocenters. The summed E-state index contributed by atoms with van der Waals surface area (Å²) in [5, 5.41) is 0. The average molecular weight is 265 g/mol. The first-order valence-corrected chi connectivity index (χ1v) is 5.54. The zero-order valence-electron chi connectivity index (χ0n) is 10.0. The largest absolute Gasteiger partial charge is 0.417 e. The Hall–Kier alpha value is -2.17. The Morgan fingerprint density at radius 2 is 1.68 bits per heavy atom. The monoisotopic (exact) mass is 265 g/mol. The Labute approximate surface area is 107 Å². The molecule has 5 heteroatoms. The van der Waals surface area contributed by atoms with Crippen LogP contribution in [0.5, 0.6) is 0 Å². The molecule has 1 heterocycles. The highest BCUT2D eigenvalue weighted by atomic mass is 19.4. The van der Waals surface area contributed by atoms with Gasteiger partial charge < -0.3 is 0 Å². The van der Waals surface area contributed by atoms with Gasteiger partial charge in [0.2, 0.25) is 0 Å². The Bertz CT molecular complexity index is 620. The van der Waals surface area contributed by atoms with Gasteiger partial charge in [-0.25, -0.2) is 0 Å². The van der Waals surface area contributed by atoms with Crippen LogP contribution in [0.15, 0.2) is 42.6 Å². The van der Waals surface area contributed by atoms with E-state index in [9.17, 15) is 18.0 Å². The lowest BCUT2D eigenvalue weighted by atomic mass is 9.97. The highest BCUT2D eigenvalue weighted by Gasteiger charge is 2.35. The minimum atomic E-state index is -4.55. The van der Waals surface area contributed by atoms with E-state index in [0.29, 0.717) is 5.69 Å². The quantitative estimate of drug-likeness (QED) is 0.776. The van der Waals surface area contributed by atoms with Crippen LogP contribution in [0.2, 0.25) is 0 Å². The first kappa shape index (κ1) is 13.3. The fraction of sp³-hybridized carbons (Fsp3) is 0.143. The molecule has 0 bridgehead atoms. The maximum atomic E-state index is 12.9. The van der Waals surface area contributed by atoms with Gasteiger partial charge in [-0.2, -0.15) is 13.2 Å². The number of hydrogen-bond acceptors (Lipinski definition) is 2. The van der Waals surface area contributed by atoms with E-state index in [1.54, 1.807) is 6.92 Å². The van der Waals surface area contributed by atoms with E-state index in [0.717, 1.165) is 6.07 Å². The molecule has 0 spiro atoms. The van der Waals surface area contributed by atoms with Crippen molar-refractivity contribution in [3.05, 3.63) is 65.0 Å². The number of carbonyl (C=O) groups excluding carboxylic acids is 1. The number of carbonyl (C=O) groups is 1. The number of rotatable bonds is 2. The maximum Gasteiger partial charge on any atom is 0.417 e. The van der Waals surface area contributed by atoms with E-state index < -0.39 is 17.5 Å². The molecule has 1 aromatic heterocycles. The second-order valence-corrected chi connectivity index (χ2v) is 4.01. The van der Waals surface area contributed by atoms with Gasteiger partial charge in [-0.05, 0) is 25.1 Å². The minimum Gasteiger partial charge on any atom is -0.289 e. The van der Waals surface area contributed by atoms with Crippen molar-refractivity contribution in [1.29, 1.82) is 0 Å². The Morgan fingerprint density at radius 1 is 1.05 bits per heavy atom. The van der Waals surface area contributed by atoms with E-state index in [1.165, 1.54) is 36.5 Å². The highest BCUT2D eigenvalue weighted by molar-refractivity contribution is 6.10. The van der Waals surface area contributed by atoms with Gasteiger partial charge in [0.05, 0.1) is 5.56 Å². The molecule has 0 saturated carbocycles. The van der Waals surface area contributed by atoms with Gasteiger partial charge in [-0.3, -0.25) is 9.78 Å². The molecular weight excluding hydrogens is 255 g/mol. The third-order valence-electron chi connectivity index (χ3n) is 2.73. The summed E-state index contributed by atoms with van der Waals surface area (Å²) in [6, 6.07) is 7.74. The molecule has 2 nitrogen and oxygen atoms in total. The zero-order chi connectivity index (χ0) is 14.0.